The number of carbonyl (C=O) groups is 3. The van der Waals surface area contributed by atoms with Crippen molar-refractivity contribution in [2.75, 3.05) is 13.7 Å². The van der Waals surface area contributed by atoms with Crippen LogP contribution < -0.4 is 0 Å². The molecule has 1 aliphatic carbocycles. The Morgan fingerprint density at radius 2 is 2.12 bits per heavy atom. The molecular formula is C12H13NO4. The van der Waals surface area contributed by atoms with E-state index in [1.165, 1.54) is 17.1 Å². The van der Waals surface area contributed by atoms with Gasteiger partial charge < -0.3 is 14.4 Å². The van der Waals surface area contributed by atoms with E-state index < -0.39 is 11.6 Å². The van der Waals surface area contributed by atoms with E-state index in [-0.39, 0.29) is 24.7 Å². The van der Waals surface area contributed by atoms with Crippen LogP contribution in [0.25, 0.3) is 0 Å². The van der Waals surface area contributed by atoms with Crippen molar-refractivity contribution in [3.05, 3.63) is 24.3 Å². The highest BCUT2D eigenvalue weighted by molar-refractivity contribution is 6.01. The Labute approximate surface area is 98.7 Å². The molecule has 1 atom stereocenters. The van der Waals surface area contributed by atoms with Crippen LogP contribution in [0.1, 0.15) is 6.42 Å². The maximum Gasteiger partial charge on any atom is 0.230 e. The molecule has 1 fully saturated rings. The van der Waals surface area contributed by atoms with Gasteiger partial charge in [0.05, 0.1) is 12.5 Å². The highest BCUT2D eigenvalue weighted by Gasteiger charge is 2.43. The highest BCUT2D eigenvalue weighted by Crippen LogP contribution is 2.30. The summed E-state index contributed by atoms with van der Waals surface area (Å²) in [5.41, 5.74) is -0.968. The zero-order valence-electron chi connectivity index (χ0n) is 9.46. The number of hydrogen-bond donors (Lipinski definition) is 0. The fourth-order valence-corrected chi connectivity index (χ4v) is 1.97. The first kappa shape index (κ1) is 11.7. The highest BCUT2D eigenvalue weighted by atomic mass is 16.5. The molecule has 2 rings (SSSR count). The Bertz CT molecular complexity index is 408. The first-order chi connectivity index (χ1) is 8.09. The minimum Gasteiger partial charge on any atom is -0.347 e. The van der Waals surface area contributed by atoms with Crippen molar-refractivity contribution in [1.29, 1.82) is 0 Å². The average molecular weight is 235 g/mol. The molecule has 0 saturated carbocycles. The number of allylic oxidation sites excluding steroid dienone is 2. The number of ketones is 1. The van der Waals surface area contributed by atoms with Crippen molar-refractivity contribution in [1.82, 2.24) is 4.90 Å². The number of nitrogens with zero attached hydrogens (tertiary/aromatic N) is 1. The van der Waals surface area contributed by atoms with Crippen LogP contribution in [0.5, 0.6) is 0 Å². The lowest BCUT2D eigenvalue weighted by molar-refractivity contribution is -0.176. The Hall–Kier alpha value is -1.75. The fraction of sp³-hybridized carbons (Fsp3) is 0.417. The molecule has 90 valence electrons. The van der Waals surface area contributed by atoms with E-state index in [1.807, 2.05) is 0 Å². The normalized spacial score (nSPS) is 26.6. The second-order valence-electron chi connectivity index (χ2n) is 4.13. The molecule has 1 heterocycles. The second kappa shape index (κ2) is 4.25. The second-order valence-corrected chi connectivity index (χ2v) is 4.13. The number of ether oxygens (including phenoxy) is 1. The number of likely N-dealkylation sites (N-methyl/N-ethyl adjacent to an activating group) is 1. The van der Waals surface area contributed by atoms with Crippen LogP contribution in [0.2, 0.25) is 0 Å². The van der Waals surface area contributed by atoms with Gasteiger partial charge in [-0.2, -0.15) is 0 Å². The SMILES string of the molecule is CN1C(=O)C(CC=O)COC12C=CC(=O)C=C2. The molecule has 1 spiro atoms. The Kier molecular flexibility index (Phi) is 2.93. The summed E-state index contributed by atoms with van der Waals surface area (Å²) in [6, 6.07) is 0. The van der Waals surface area contributed by atoms with Gasteiger partial charge >= 0.3 is 0 Å². The van der Waals surface area contributed by atoms with Gasteiger partial charge in [0.2, 0.25) is 5.91 Å². The van der Waals surface area contributed by atoms with Crippen LogP contribution in [-0.2, 0) is 19.1 Å². The number of carbonyl (C=O) groups excluding carboxylic acids is 3. The molecule has 2 aliphatic rings. The van der Waals surface area contributed by atoms with Gasteiger partial charge in [-0.05, 0) is 24.3 Å². The summed E-state index contributed by atoms with van der Waals surface area (Å²) in [7, 11) is 1.60. The van der Waals surface area contributed by atoms with Crippen LogP contribution in [0.4, 0.5) is 0 Å². The lowest BCUT2D eigenvalue weighted by Gasteiger charge is -2.44. The van der Waals surface area contributed by atoms with E-state index in [1.54, 1.807) is 19.2 Å². The summed E-state index contributed by atoms with van der Waals surface area (Å²) < 4.78 is 5.62. The molecule has 1 unspecified atom stereocenters. The van der Waals surface area contributed by atoms with Gasteiger partial charge in [-0.25, -0.2) is 0 Å². The first-order valence-corrected chi connectivity index (χ1v) is 5.37. The van der Waals surface area contributed by atoms with Crippen LogP contribution >= 0.6 is 0 Å². The molecule has 0 aromatic rings. The zero-order chi connectivity index (χ0) is 12.5. The summed E-state index contributed by atoms with van der Waals surface area (Å²) in [5, 5.41) is 0. The van der Waals surface area contributed by atoms with Gasteiger partial charge in [-0.15, -0.1) is 0 Å². The van der Waals surface area contributed by atoms with E-state index in [4.69, 9.17) is 4.74 Å². The van der Waals surface area contributed by atoms with Crippen molar-refractivity contribution in [2.45, 2.75) is 12.1 Å². The fourth-order valence-electron chi connectivity index (χ4n) is 1.97. The largest absolute Gasteiger partial charge is 0.347 e. The van der Waals surface area contributed by atoms with Crippen molar-refractivity contribution in [3.63, 3.8) is 0 Å². The van der Waals surface area contributed by atoms with Crippen molar-refractivity contribution in [2.24, 2.45) is 5.92 Å². The average Bonchev–Trinajstić information content (AvgIpc) is 2.34. The molecular weight excluding hydrogens is 222 g/mol. The Morgan fingerprint density at radius 1 is 1.47 bits per heavy atom. The van der Waals surface area contributed by atoms with Gasteiger partial charge in [0.1, 0.15) is 6.29 Å². The lowest BCUT2D eigenvalue weighted by atomic mass is 9.97. The van der Waals surface area contributed by atoms with E-state index in [0.29, 0.717) is 6.29 Å². The summed E-state index contributed by atoms with van der Waals surface area (Å²) in [6.07, 6.45) is 6.75. The third-order valence-corrected chi connectivity index (χ3v) is 3.07. The maximum atomic E-state index is 12.0. The smallest absolute Gasteiger partial charge is 0.230 e. The minimum atomic E-state index is -0.968. The molecule has 0 aromatic carbocycles. The first-order valence-electron chi connectivity index (χ1n) is 5.37. The van der Waals surface area contributed by atoms with Gasteiger partial charge in [0.15, 0.2) is 11.5 Å². The molecule has 0 aromatic heterocycles. The number of hydrogen-bond acceptors (Lipinski definition) is 4. The molecule has 1 aliphatic heterocycles. The Morgan fingerprint density at radius 3 is 2.71 bits per heavy atom. The van der Waals surface area contributed by atoms with Crippen LogP contribution in [0.15, 0.2) is 24.3 Å². The monoisotopic (exact) mass is 235 g/mol. The van der Waals surface area contributed by atoms with Crippen LogP contribution in [-0.4, -0.2) is 42.3 Å². The van der Waals surface area contributed by atoms with Crippen molar-refractivity contribution in [3.8, 4) is 0 Å². The molecule has 0 bridgehead atoms. The van der Waals surface area contributed by atoms with Gasteiger partial charge in [0, 0.05) is 13.5 Å². The van der Waals surface area contributed by atoms with Crippen LogP contribution in [0, 0.1) is 5.92 Å². The van der Waals surface area contributed by atoms with E-state index in [0.717, 1.165) is 0 Å². The molecule has 1 amide bonds. The Balaban J connectivity index is 2.22. The molecule has 5 heteroatoms. The molecule has 1 saturated heterocycles. The third-order valence-electron chi connectivity index (χ3n) is 3.07. The summed E-state index contributed by atoms with van der Waals surface area (Å²) in [4.78, 5) is 34.9. The topological polar surface area (TPSA) is 63.7 Å². The molecule has 0 N–H and O–H groups in total. The van der Waals surface area contributed by atoms with E-state index in [9.17, 15) is 14.4 Å². The number of rotatable bonds is 2. The van der Waals surface area contributed by atoms with E-state index in [2.05, 4.69) is 0 Å². The van der Waals surface area contributed by atoms with Gasteiger partial charge in [-0.1, -0.05) is 0 Å². The quantitative estimate of drug-likeness (QED) is 0.635. The lowest BCUT2D eigenvalue weighted by Crippen LogP contribution is -2.57. The molecule has 17 heavy (non-hydrogen) atoms. The molecule has 0 radical (unpaired) electrons. The number of amides is 1. The van der Waals surface area contributed by atoms with Crippen molar-refractivity contribution >= 4 is 18.0 Å². The van der Waals surface area contributed by atoms with Crippen LogP contribution in [0.3, 0.4) is 0 Å². The predicted octanol–water partition coefficient (Wildman–Crippen LogP) is 0.0716. The standard InChI is InChI=1S/C12H13NO4/c1-13-11(16)9(4-7-14)8-17-12(13)5-2-10(15)3-6-12/h2-3,5-7,9H,4,8H2,1H3. The third kappa shape index (κ3) is 1.93. The predicted molar refractivity (Wildman–Crippen MR) is 58.9 cm³/mol. The van der Waals surface area contributed by atoms with Crippen molar-refractivity contribution < 1.29 is 19.1 Å². The maximum absolute atomic E-state index is 12.0. The van der Waals surface area contributed by atoms with Gasteiger partial charge in [-0.3, -0.25) is 9.59 Å². The van der Waals surface area contributed by atoms with E-state index >= 15 is 0 Å². The number of aldehydes is 1. The zero-order valence-corrected chi connectivity index (χ0v) is 9.46. The summed E-state index contributed by atoms with van der Waals surface area (Å²) >= 11 is 0. The van der Waals surface area contributed by atoms with Gasteiger partial charge in [0.25, 0.3) is 0 Å². The summed E-state index contributed by atoms with van der Waals surface area (Å²) in [6.45, 7) is 0.185. The molecule has 5 nitrogen and oxygen atoms in total. The summed E-state index contributed by atoms with van der Waals surface area (Å²) in [5.74, 6) is -0.704. The minimum absolute atomic E-state index is 0.130.